The van der Waals surface area contributed by atoms with Crippen molar-refractivity contribution in [1.29, 1.82) is 0 Å². The smallest absolute Gasteiger partial charge is 0.149 e. The molecular weight excluding hydrogens is 186 g/mol. The highest BCUT2D eigenvalue weighted by Crippen LogP contribution is 2.24. The molecule has 1 atom stereocenters. The Morgan fingerprint density at radius 1 is 1.07 bits per heavy atom. The number of ketones is 1. The zero-order chi connectivity index (χ0) is 10.7. The molecule has 2 nitrogen and oxygen atoms in total. The van der Waals surface area contributed by atoms with Gasteiger partial charge in [0, 0.05) is 6.42 Å². The Kier molecular flexibility index (Phi) is 3.79. The molecule has 0 aromatic rings. The lowest BCUT2D eigenvalue weighted by Crippen LogP contribution is -2.44. The Hall–Kier alpha value is -0.370. The highest BCUT2D eigenvalue weighted by atomic mass is 16.1. The lowest BCUT2D eigenvalue weighted by atomic mass is 9.95. The summed E-state index contributed by atoms with van der Waals surface area (Å²) in [4.78, 5) is 14.4. The zero-order valence-corrected chi connectivity index (χ0v) is 9.87. The van der Waals surface area contributed by atoms with Gasteiger partial charge < -0.3 is 0 Å². The molecule has 86 valence electrons. The van der Waals surface area contributed by atoms with E-state index < -0.39 is 0 Å². The maximum Gasteiger partial charge on any atom is 0.149 e. The lowest BCUT2D eigenvalue weighted by Gasteiger charge is -2.35. The fourth-order valence-corrected chi connectivity index (χ4v) is 2.87. The molecule has 0 N–H and O–H groups in total. The van der Waals surface area contributed by atoms with Crippen LogP contribution < -0.4 is 0 Å². The SMILES string of the molecule is CC1CCN(C2CCCCCC2=O)CC1. The Morgan fingerprint density at radius 3 is 2.53 bits per heavy atom. The van der Waals surface area contributed by atoms with Crippen molar-refractivity contribution >= 4 is 5.78 Å². The summed E-state index contributed by atoms with van der Waals surface area (Å²) in [7, 11) is 0. The molecule has 0 aromatic carbocycles. The maximum absolute atomic E-state index is 12.0. The van der Waals surface area contributed by atoms with E-state index in [1.807, 2.05) is 0 Å². The molecule has 0 aromatic heterocycles. The summed E-state index contributed by atoms with van der Waals surface area (Å²) in [6.45, 7) is 4.63. The third-order valence-electron chi connectivity index (χ3n) is 4.03. The Balaban J connectivity index is 1.92. The fourth-order valence-electron chi connectivity index (χ4n) is 2.87. The van der Waals surface area contributed by atoms with E-state index in [9.17, 15) is 4.79 Å². The van der Waals surface area contributed by atoms with Crippen molar-refractivity contribution in [2.45, 2.75) is 57.9 Å². The minimum atomic E-state index is 0.278. The quantitative estimate of drug-likeness (QED) is 0.619. The minimum Gasteiger partial charge on any atom is -0.298 e. The molecule has 1 aliphatic heterocycles. The van der Waals surface area contributed by atoms with Gasteiger partial charge in [-0.15, -0.1) is 0 Å². The molecule has 0 bridgehead atoms. The molecular formula is C13H23NO. The first-order valence-electron chi connectivity index (χ1n) is 6.54. The van der Waals surface area contributed by atoms with E-state index in [0.29, 0.717) is 5.78 Å². The van der Waals surface area contributed by atoms with Gasteiger partial charge in [-0.1, -0.05) is 19.8 Å². The van der Waals surface area contributed by atoms with Gasteiger partial charge in [-0.3, -0.25) is 9.69 Å². The predicted molar refractivity (Wildman–Crippen MR) is 61.9 cm³/mol. The molecule has 15 heavy (non-hydrogen) atoms. The molecule has 1 unspecified atom stereocenters. The number of rotatable bonds is 1. The van der Waals surface area contributed by atoms with Crippen LogP contribution in [-0.4, -0.2) is 29.8 Å². The summed E-state index contributed by atoms with van der Waals surface area (Å²) in [6, 6.07) is 0.278. The van der Waals surface area contributed by atoms with Crippen LogP contribution in [-0.2, 0) is 4.79 Å². The summed E-state index contributed by atoms with van der Waals surface area (Å²) < 4.78 is 0. The summed E-state index contributed by atoms with van der Waals surface area (Å²) in [5.41, 5.74) is 0. The Bertz CT molecular complexity index is 219. The molecule has 0 spiro atoms. The van der Waals surface area contributed by atoms with Crippen molar-refractivity contribution in [2.24, 2.45) is 5.92 Å². The number of nitrogens with zero attached hydrogens (tertiary/aromatic N) is 1. The Morgan fingerprint density at radius 2 is 1.80 bits per heavy atom. The lowest BCUT2D eigenvalue weighted by molar-refractivity contribution is -0.124. The standard InChI is InChI=1S/C13H23NO/c1-11-7-9-14(10-8-11)12-5-3-2-4-6-13(12)15/h11-12H,2-10H2,1H3. The largest absolute Gasteiger partial charge is 0.298 e. The highest BCUT2D eigenvalue weighted by molar-refractivity contribution is 5.84. The van der Waals surface area contributed by atoms with Crippen LogP contribution in [0.1, 0.15) is 51.9 Å². The predicted octanol–water partition coefficient (Wildman–Crippen LogP) is 2.62. The first-order valence-corrected chi connectivity index (χ1v) is 6.54. The summed E-state index contributed by atoms with van der Waals surface area (Å²) in [6.07, 6.45) is 8.14. The molecule has 1 saturated carbocycles. The van der Waals surface area contributed by atoms with E-state index in [1.54, 1.807) is 0 Å². The molecule has 2 heteroatoms. The first kappa shape index (κ1) is 11.1. The van der Waals surface area contributed by atoms with Crippen LogP contribution in [0.15, 0.2) is 0 Å². The molecule has 2 rings (SSSR count). The van der Waals surface area contributed by atoms with Gasteiger partial charge in [0.1, 0.15) is 5.78 Å². The molecule has 0 radical (unpaired) electrons. The molecule has 1 saturated heterocycles. The summed E-state index contributed by atoms with van der Waals surface area (Å²) in [5.74, 6) is 1.38. The van der Waals surface area contributed by atoms with Gasteiger partial charge in [-0.2, -0.15) is 0 Å². The average molecular weight is 209 g/mol. The zero-order valence-electron chi connectivity index (χ0n) is 9.87. The molecule has 0 amide bonds. The number of Topliss-reactive ketones (excluding diaryl/α,β-unsaturated/α-hetero) is 1. The van der Waals surface area contributed by atoms with Crippen molar-refractivity contribution in [3.05, 3.63) is 0 Å². The van der Waals surface area contributed by atoms with Crippen LogP contribution in [0, 0.1) is 5.92 Å². The fraction of sp³-hybridized carbons (Fsp3) is 0.923. The van der Waals surface area contributed by atoms with Gasteiger partial charge in [0.25, 0.3) is 0 Å². The number of hydrogen-bond donors (Lipinski definition) is 0. The summed E-state index contributed by atoms with van der Waals surface area (Å²) >= 11 is 0. The molecule has 2 fully saturated rings. The normalized spacial score (nSPS) is 31.5. The minimum absolute atomic E-state index is 0.278. The van der Waals surface area contributed by atoms with Crippen LogP contribution in [0.3, 0.4) is 0 Å². The van der Waals surface area contributed by atoms with Crippen LogP contribution in [0.4, 0.5) is 0 Å². The van der Waals surface area contributed by atoms with Crippen molar-refractivity contribution in [1.82, 2.24) is 4.90 Å². The maximum atomic E-state index is 12.0. The van der Waals surface area contributed by atoms with E-state index in [-0.39, 0.29) is 6.04 Å². The van der Waals surface area contributed by atoms with Gasteiger partial charge in [0.05, 0.1) is 6.04 Å². The highest BCUT2D eigenvalue weighted by Gasteiger charge is 2.28. The average Bonchev–Trinajstić information content (AvgIpc) is 2.44. The molecule has 1 heterocycles. The van der Waals surface area contributed by atoms with Gasteiger partial charge in [0.2, 0.25) is 0 Å². The molecule has 2 aliphatic rings. The monoisotopic (exact) mass is 209 g/mol. The van der Waals surface area contributed by atoms with E-state index in [1.165, 1.54) is 25.7 Å². The van der Waals surface area contributed by atoms with E-state index >= 15 is 0 Å². The number of likely N-dealkylation sites (tertiary alicyclic amines) is 1. The third kappa shape index (κ3) is 2.81. The third-order valence-corrected chi connectivity index (χ3v) is 4.03. The number of piperidine rings is 1. The van der Waals surface area contributed by atoms with Gasteiger partial charge in [0.15, 0.2) is 0 Å². The molecule has 1 aliphatic carbocycles. The summed E-state index contributed by atoms with van der Waals surface area (Å²) in [5, 5.41) is 0. The van der Waals surface area contributed by atoms with Gasteiger partial charge in [-0.05, 0) is 44.7 Å². The number of hydrogen-bond acceptors (Lipinski definition) is 2. The van der Waals surface area contributed by atoms with Crippen molar-refractivity contribution in [2.75, 3.05) is 13.1 Å². The number of carbonyl (C=O) groups excluding carboxylic acids is 1. The van der Waals surface area contributed by atoms with E-state index in [2.05, 4.69) is 11.8 Å². The second-order valence-corrected chi connectivity index (χ2v) is 5.30. The van der Waals surface area contributed by atoms with Crippen molar-refractivity contribution in [3.8, 4) is 0 Å². The van der Waals surface area contributed by atoms with Crippen LogP contribution in [0.2, 0.25) is 0 Å². The van der Waals surface area contributed by atoms with E-state index in [0.717, 1.165) is 38.3 Å². The van der Waals surface area contributed by atoms with Crippen LogP contribution in [0.25, 0.3) is 0 Å². The van der Waals surface area contributed by atoms with Crippen LogP contribution >= 0.6 is 0 Å². The van der Waals surface area contributed by atoms with Gasteiger partial charge >= 0.3 is 0 Å². The van der Waals surface area contributed by atoms with Crippen molar-refractivity contribution in [3.63, 3.8) is 0 Å². The van der Waals surface area contributed by atoms with Crippen LogP contribution in [0.5, 0.6) is 0 Å². The van der Waals surface area contributed by atoms with E-state index in [4.69, 9.17) is 0 Å². The second-order valence-electron chi connectivity index (χ2n) is 5.30. The topological polar surface area (TPSA) is 20.3 Å². The first-order chi connectivity index (χ1) is 7.27. The Labute approximate surface area is 93.0 Å². The van der Waals surface area contributed by atoms with Crippen molar-refractivity contribution < 1.29 is 4.79 Å². The second kappa shape index (κ2) is 5.11. The number of carbonyl (C=O) groups is 1. The van der Waals surface area contributed by atoms with Gasteiger partial charge in [-0.25, -0.2) is 0 Å².